The Hall–Kier alpha value is -3.29. The van der Waals surface area contributed by atoms with Gasteiger partial charge in [0.1, 0.15) is 11.5 Å². The molecule has 3 heterocycles. The zero-order chi connectivity index (χ0) is 21.4. The summed E-state index contributed by atoms with van der Waals surface area (Å²) in [6.07, 6.45) is 1.14. The molecule has 0 spiro atoms. The van der Waals surface area contributed by atoms with Crippen LogP contribution in [0.4, 0.5) is 0 Å². The first-order valence-corrected chi connectivity index (χ1v) is 11.0. The molecule has 0 fully saturated rings. The molecule has 0 radical (unpaired) electrons. The fourth-order valence-corrected chi connectivity index (χ4v) is 4.33. The minimum atomic E-state index is -0.619. The molecule has 1 aromatic heterocycles. The third-order valence-electron chi connectivity index (χ3n) is 4.87. The van der Waals surface area contributed by atoms with Gasteiger partial charge in [-0.25, -0.2) is 10.0 Å². The molecule has 1 N–H and O–H groups in total. The van der Waals surface area contributed by atoms with Gasteiger partial charge in [-0.15, -0.1) is 11.7 Å². The zero-order valence-corrected chi connectivity index (χ0v) is 17.9. The molecular weight excluding hydrogens is 432 g/mol. The van der Waals surface area contributed by atoms with Gasteiger partial charge in [0.15, 0.2) is 10.9 Å². The molecule has 2 aliphatic heterocycles. The highest BCUT2D eigenvalue weighted by Crippen LogP contribution is 2.35. The number of hydrogen-bond acceptors (Lipinski definition) is 6. The van der Waals surface area contributed by atoms with Crippen molar-refractivity contribution in [3.8, 4) is 11.3 Å². The summed E-state index contributed by atoms with van der Waals surface area (Å²) in [5, 5.41) is 11.7. The van der Waals surface area contributed by atoms with E-state index in [-0.39, 0.29) is 5.91 Å². The van der Waals surface area contributed by atoms with Gasteiger partial charge in [-0.3, -0.25) is 10.1 Å². The molecule has 0 saturated carbocycles. The normalized spacial score (nSPS) is 17.3. The van der Waals surface area contributed by atoms with Gasteiger partial charge < -0.3 is 4.42 Å². The summed E-state index contributed by atoms with van der Waals surface area (Å²) in [7, 11) is 0. The smallest absolute Gasteiger partial charge is 0.276 e. The number of para-hydroxylation sites is 1. The second-order valence-corrected chi connectivity index (χ2v) is 8.27. The molecule has 31 heavy (non-hydrogen) atoms. The van der Waals surface area contributed by atoms with Crippen molar-refractivity contribution in [3.63, 3.8) is 0 Å². The number of nitrogens with zero attached hydrogens (tertiary/aromatic N) is 3. The van der Waals surface area contributed by atoms with Gasteiger partial charge in [-0.05, 0) is 30.3 Å². The van der Waals surface area contributed by atoms with Gasteiger partial charge in [-0.2, -0.15) is 0 Å². The maximum Gasteiger partial charge on any atom is 0.276 e. The molecule has 0 saturated heterocycles. The standard InChI is InChI=1S/C23H17ClN4O2S/c1-2-13-31-23-26-22(29)20-15-8-4-6-10-17(15)25-21(28(20)27-23)19-12-11-18(30-19)14-7-3-5-9-16(14)24/h2-12,21H,1,13H2,(H,26,27,29)/t21-/m1/s1. The van der Waals surface area contributed by atoms with Gasteiger partial charge in [0.2, 0.25) is 6.17 Å². The van der Waals surface area contributed by atoms with Crippen LogP contribution in [-0.2, 0) is 4.79 Å². The Balaban J connectivity index is 1.64. The number of rotatable bonds is 4. The third-order valence-corrected chi connectivity index (χ3v) is 6.06. The average molecular weight is 449 g/mol. The van der Waals surface area contributed by atoms with E-state index in [0.29, 0.717) is 38.5 Å². The first-order valence-electron chi connectivity index (χ1n) is 9.60. The number of amides is 1. The molecule has 3 aromatic rings. The second kappa shape index (κ2) is 8.09. The Kier molecular flexibility index (Phi) is 5.13. The van der Waals surface area contributed by atoms with Crippen LogP contribution in [0.1, 0.15) is 11.9 Å². The lowest BCUT2D eigenvalue weighted by molar-refractivity contribution is -0.116. The van der Waals surface area contributed by atoms with Crippen LogP contribution < -0.4 is 15.9 Å². The number of hydrazone groups is 1. The number of carbonyl (C=O) groups is 1. The van der Waals surface area contributed by atoms with Crippen molar-refractivity contribution >= 4 is 40.1 Å². The van der Waals surface area contributed by atoms with E-state index in [1.54, 1.807) is 11.1 Å². The van der Waals surface area contributed by atoms with Crippen LogP contribution in [0, 0.1) is 0 Å². The Morgan fingerprint density at radius 3 is 2.81 bits per heavy atom. The van der Waals surface area contributed by atoms with E-state index < -0.39 is 6.17 Å². The predicted molar refractivity (Wildman–Crippen MR) is 123 cm³/mol. The molecule has 6 nitrogen and oxygen atoms in total. The number of furan rings is 1. The maximum absolute atomic E-state index is 13.0. The molecule has 0 unspecified atom stereocenters. The summed E-state index contributed by atoms with van der Waals surface area (Å²) < 4.78 is 6.15. The van der Waals surface area contributed by atoms with Gasteiger partial charge in [0, 0.05) is 16.5 Å². The van der Waals surface area contributed by atoms with Crippen LogP contribution >= 0.6 is 23.4 Å². The summed E-state index contributed by atoms with van der Waals surface area (Å²) in [5.41, 5.74) is 1.23. The lowest BCUT2D eigenvalue weighted by Crippen LogP contribution is -2.50. The number of nitrogens with one attached hydrogen (secondary N) is 1. The first-order chi connectivity index (χ1) is 15.2. The van der Waals surface area contributed by atoms with Crippen LogP contribution in [0.25, 0.3) is 17.0 Å². The molecule has 154 valence electrons. The molecule has 2 aliphatic rings. The van der Waals surface area contributed by atoms with Crippen molar-refractivity contribution in [1.29, 1.82) is 0 Å². The summed E-state index contributed by atoms with van der Waals surface area (Å²) in [5.74, 6) is 1.58. The number of hydrogen-bond donors (Lipinski definition) is 1. The lowest BCUT2D eigenvalue weighted by atomic mass is 10.1. The van der Waals surface area contributed by atoms with Crippen LogP contribution in [0.15, 0.2) is 87.8 Å². The molecule has 0 bridgehead atoms. The third kappa shape index (κ3) is 3.56. The van der Waals surface area contributed by atoms with E-state index in [0.717, 1.165) is 10.8 Å². The van der Waals surface area contributed by atoms with Crippen molar-refractivity contribution in [2.45, 2.75) is 6.17 Å². The van der Waals surface area contributed by atoms with E-state index in [9.17, 15) is 4.79 Å². The quantitative estimate of drug-likeness (QED) is 0.618. The van der Waals surface area contributed by atoms with Crippen LogP contribution in [0.5, 0.6) is 0 Å². The van der Waals surface area contributed by atoms with Crippen molar-refractivity contribution in [2.75, 3.05) is 5.75 Å². The number of thioether (sulfide) groups is 1. The molecule has 1 atom stereocenters. The molecule has 0 aliphatic carbocycles. The largest absolute Gasteiger partial charge is 0.457 e. The molecular formula is C23H17ClN4O2S. The fraction of sp³-hybridized carbons (Fsp3) is 0.0870. The van der Waals surface area contributed by atoms with E-state index in [1.807, 2.05) is 60.7 Å². The second-order valence-electron chi connectivity index (χ2n) is 6.85. The number of fused-ring (bicyclic) bond motifs is 2. The van der Waals surface area contributed by atoms with Gasteiger partial charge in [-0.1, -0.05) is 59.8 Å². The summed E-state index contributed by atoms with van der Waals surface area (Å²) in [6, 6.07) is 18.7. The topological polar surface area (TPSA) is 70.2 Å². The predicted octanol–water partition coefficient (Wildman–Crippen LogP) is 3.66. The van der Waals surface area contributed by atoms with E-state index >= 15 is 0 Å². The Morgan fingerprint density at radius 1 is 1.16 bits per heavy atom. The number of carbonyl (C=O) groups excluding carboxylic acids is 1. The van der Waals surface area contributed by atoms with E-state index in [1.165, 1.54) is 11.8 Å². The number of halogens is 1. The minimum Gasteiger partial charge on any atom is -0.457 e. The Bertz CT molecular complexity index is 1350. The highest BCUT2D eigenvalue weighted by molar-refractivity contribution is 8.14. The van der Waals surface area contributed by atoms with Crippen molar-refractivity contribution in [2.24, 2.45) is 10.1 Å². The number of amidine groups is 1. The Labute approximate surface area is 187 Å². The zero-order valence-electron chi connectivity index (χ0n) is 16.3. The van der Waals surface area contributed by atoms with Crippen molar-refractivity contribution < 1.29 is 9.21 Å². The minimum absolute atomic E-state index is 0.230. The van der Waals surface area contributed by atoms with Crippen molar-refractivity contribution in [1.82, 2.24) is 10.3 Å². The van der Waals surface area contributed by atoms with Crippen LogP contribution in [0.3, 0.4) is 0 Å². The SMILES string of the molecule is C=CCSC1=NN2C(=c3ccccc3=N[C@H]2c2ccc(-c3ccccc3Cl)o2)C(=O)N1. The summed E-state index contributed by atoms with van der Waals surface area (Å²) in [6.45, 7) is 3.72. The fourth-order valence-electron chi connectivity index (χ4n) is 3.51. The molecule has 8 heteroatoms. The van der Waals surface area contributed by atoms with Crippen LogP contribution in [0.2, 0.25) is 5.02 Å². The highest BCUT2D eigenvalue weighted by atomic mass is 35.5. The van der Waals surface area contributed by atoms with Crippen molar-refractivity contribution in [3.05, 3.63) is 94.7 Å². The van der Waals surface area contributed by atoms with Crippen LogP contribution in [-0.4, -0.2) is 21.8 Å². The Morgan fingerprint density at radius 2 is 1.97 bits per heavy atom. The molecule has 1 amide bonds. The first kappa shape index (κ1) is 19.7. The average Bonchev–Trinajstić information content (AvgIpc) is 3.27. The molecule has 2 aromatic carbocycles. The van der Waals surface area contributed by atoms with E-state index in [2.05, 4.69) is 17.0 Å². The van der Waals surface area contributed by atoms with Gasteiger partial charge in [0.25, 0.3) is 5.91 Å². The van der Waals surface area contributed by atoms with Gasteiger partial charge in [0.05, 0.1) is 10.4 Å². The number of benzene rings is 2. The summed E-state index contributed by atoms with van der Waals surface area (Å²) in [4.78, 5) is 17.9. The highest BCUT2D eigenvalue weighted by Gasteiger charge is 2.35. The van der Waals surface area contributed by atoms with Gasteiger partial charge >= 0.3 is 0 Å². The maximum atomic E-state index is 13.0. The van der Waals surface area contributed by atoms with E-state index in [4.69, 9.17) is 21.0 Å². The molecule has 5 rings (SSSR count). The monoisotopic (exact) mass is 448 g/mol. The summed E-state index contributed by atoms with van der Waals surface area (Å²) >= 11 is 7.73. The lowest BCUT2D eigenvalue weighted by Gasteiger charge is -2.32.